The van der Waals surface area contributed by atoms with E-state index in [-0.39, 0.29) is 12.4 Å². The third kappa shape index (κ3) is 3.93. The average Bonchev–Trinajstić information content (AvgIpc) is 2.29. The molecular weight excluding hydrogens is 240 g/mol. The van der Waals surface area contributed by atoms with Gasteiger partial charge in [-0.2, -0.15) is 0 Å². The number of rotatable bonds is 3. The van der Waals surface area contributed by atoms with Gasteiger partial charge in [0.15, 0.2) is 6.29 Å². The van der Waals surface area contributed by atoms with Crippen LogP contribution in [0.2, 0.25) is 5.02 Å². The van der Waals surface area contributed by atoms with E-state index in [9.17, 15) is 9.59 Å². The Morgan fingerprint density at radius 3 is 2.94 bits per heavy atom. The van der Waals surface area contributed by atoms with Gasteiger partial charge in [0.2, 0.25) is 0 Å². The lowest BCUT2D eigenvalue weighted by Gasteiger charge is -1.98. The highest BCUT2D eigenvalue weighted by atomic mass is 35.5. The molecule has 4 heteroatoms. The summed E-state index contributed by atoms with van der Waals surface area (Å²) in [6.07, 6.45) is 0.648. The molecule has 0 saturated heterocycles. The number of hydrogen-bond donors (Lipinski definition) is 0. The van der Waals surface area contributed by atoms with E-state index in [2.05, 4.69) is 11.8 Å². The van der Waals surface area contributed by atoms with Gasteiger partial charge in [0, 0.05) is 11.1 Å². The monoisotopic (exact) mass is 250 g/mol. The maximum absolute atomic E-state index is 11.0. The number of carbonyl (C=O) groups is 2. The lowest BCUT2D eigenvalue weighted by Crippen LogP contribution is -2.01. The van der Waals surface area contributed by atoms with Gasteiger partial charge in [-0.1, -0.05) is 29.5 Å². The van der Waals surface area contributed by atoms with E-state index in [0.717, 1.165) is 0 Å². The van der Waals surface area contributed by atoms with Gasteiger partial charge < -0.3 is 4.74 Å². The van der Waals surface area contributed by atoms with Crippen LogP contribution in [0.15, 0.2) is 18.2 Å². The molecule has 0 unspecified atom stereocenters. The second-order valence-electron chi connectivity index (χ2n) is 3.10. The van der Waals surface area contributed by atoms with Crippen molar-refractivity contribution in [1.82, 2.24) is 0 Å². The van der Waals surface area contributed by atoms with Crippen LogP contribution >= 0.6 is 11.6 Å². The first-order chi connectivity index (χ1) is 8.19. The summed E-state index contributed by atoms with van der Waals surface area (Å²) in [6, 6.07) is 4.99. The Hall–Kier alpha value is -1.79. The smallest absolute Gasteiger partial charge is 0.317 e. The van der Waals surface area contributed by atoms with E-state index in [0.29, 0.717) is 29.0 Å². The summed E-state index contributed by atoms with van der Waals surface area (Å²) in [5, 5.41) is 0.350. The van der Waals surface area contributed by atoms with Gasteiger partial charge in [0.25, 0.3) is 0 Å². The molecule has 0 heterocycles. The maximum atomic E-state index is 11.0. The summed E-state index contributed by atoms with van der Waals surface area (Å²) in [5.74, 6) is 4.99. The van der Waals surface area contributed by atoms with Crippen LogP contribution in [0.4, 0.5) is 0 Å². The fourth-order valence-electron chi connectivity index (χ4n) is 1.19. The third-order valence-electron chi connectivity index (χ3n) is 1.93. The van der Waals surface area contributed by atoms with E-state index in [4.69, 9.17) is 16.3 Å². The maximum Gasteiger partial charge on any atom is 0.317 e. The normalized spacial score (nSPS) is 9.06. The van der Waals surface area contributed by atoms with E-state index in [1.54, 1.807) is 25.1 Å². The number of hydrogen-bond acceptors (Lipinski definition) is 3. The summed E-state index contributed by atoms with van der Waals surface area (Å²) in [4.78, 5) is 21.8. The Balaban J connectivity index is 2.82. The lowest BCUT2D eigenvalue weighted by molar-refractivity contribution is -0.141. The quantitative estimate of drug-likeness (QED) is 0.470. The Morgan fingerprint density at radius 2 is 2.29 bits per heavy atom. The first-order valence-corrected chi connectivity index (χ1v) is 5.45. The van der Waals surface area contributed by atoms with Crippen LogP contribution in [-0.4, -0.2) is 18.9 Å². The Bertz CT molecular complexity index is 483. The molecule has 0 aliphatic rings. The van der Waals surface area contributed by atoms with Crippen molar-refractivity contribution in [2.45, 2.75) is 13.3 Å². The van der Waals surface area contributed by atoms with Crippen molar-refractivity contribution in [3.63, 3.8) is 0 Å². The van der Waals surface area contributed by atoms with Crippen LogP contribution in [0.5, 0.6) is 0 Å². The third-order valence-corrected chi connectivity index (χ3v) is 2.26. The van der Waals surface area contributed by atoms with Crippen LogP contribution < -0.4 is 0 Å². The molecule has 0 aliphatic heterocycles. The molecule has 1 aromatic rings. The summed E-state index contributed by atoms with van der Waals surface area (Å²) in [5.41, 5.74) is 0.849. The fraction of sp³-hybridized carbons (Fsp3) is 0.231. The van der Waals surface area contributed by atoms with Crippen molar-refractivity contribution >= 4 is 23.9 Å². The van der Waals surface area contributed by atoms with Crippen LogP contribution in [0.3, 0.4) is 0 Å². The first kappa shape index (κ1) is 13.3. The molecule has 88 valence electrons. The molecule has 0 N–H and O–H groups in total. The van der Waals surface area contributed by atoms with Gasteiger partial charge in [-0.3, -0.25) is 9.59 Å². The largest absolute Gasteiger partial charge is 0.465 e. The highest BCUT2D eigenvalue weighted by Crippen LogP contribution is 2.17. The van der Waals surface area contributed by atoms with Crippen molar-refractivity contribution < 1.29 is 14.3 Å². The van der Waals surface area contributed by atoms with Crippen molar-refractivity contribution in [3.05, 3.63) is 34.3 Å². The molecule has 17 heavy (non-hydrogen) atoms. The predicted molar refractivity (Wildman–Crippen MR) is 65.0 cm³/mol. The molecule has 0 fully saturated rings. The van der Waals surface area contributed by atoms with Gasteiger partial charge in [-0.05, 0) is 19.1 Å². The van der Waals surface area contributed by atoms with Gasteiger partial charge in [0.05, 0.1) is 11.6 Å². The summed E-state index contributed by atoms with van der Waals surface area (Å²) in [6.45, 7) is 2.06. The number of halogens is 1. The molecule has 0 aromatic heterocycles. The van der Waals surface area contributed by atoms with Gasteiger partial charge in [0.1, 0.15) is 6.42 Å². The summed E-state index contributed by atoms with van der Waals surface area (Å²) >= 11 is 5.83. The fourth-order valence-corrected chi connectivity index (χ4v) is 1.41. The Labute approximate surface area is 105 Å². The highest BCUT2D eigenvalue weighted by Gasteiger charge is 2.03. The molecule has 0 saturated carbocycles. The van der Waals surface area contributed by atoms with Crippen molar-refractivity contribution in [1.29, 1.82) is 0 Å². The molecule has 0 radical (unpaired) electrons. The summed E-state index contributed by atoms with van der Waals surface area (Å²) in [7, 11) is 0. The van der Waals surface area contributed by atoms with Gasteiger partial charge >= 0.3 is 5.97 Å². The molecule has 0 spiro atoms. The molecule has 1 aromatic carbocycles. The zero-order valence-corrected chi connectivity index (χ0v) is 10.1. The number of ether oxygens (including phenoxy) is 1. The molecule has 0 amide bonds. The number of esters is 1. The van der Waals surface area contributed by atoms with Gasteiger partial charge in [-0.25, -0.2) is 0 Å². The Morgan fingerprint density at radius 1 is 1.53 bits per heavy atom. The molecular formula is C13H11ClO3. The second-order valence-corrected chi connectivity index (χ2v) is 3.51. The van der Waals surface area contributed by atoms with Crippen molar-refractivity contribution in [3.8, 4) is 11.8 Å². The standard InChI is InChI=1S/C13H11ClO3/c1-2-17-13(16)8-4-6-10-5-3-7-12(14)11(10)9-15/h3,5,7,9H,2,8H2,1H3. The molecule has 1 rings (SSSR count). The molecule has 0 atom stereocenters. The highest BCUT2D eigenvalue weighted by molar-refractivity contribution is 6.33. The van der Waals surface area contributed by atoms with E-state index in [1.807, 2.05) is 0 Å². The zero-order valence-electron chi connectivity index (χ0n) is 9.33. The lowest BCUT2D eigenvalue weighted by atomic mass is 10.1. The van der Waals surface area contributed by atoms with E-state index >= 15 is 0 Å². The van der Waals surface area contributed by atoms with E-state index < -0.39 is 0 Å². The van der Waals surface area contributed by atoms with Crippen LogP contribution in [0, 0.1) is 11.8 Å². The summed E-state index contributed by atoms with van der Waals surface area (Å²) < 4.78 is 4.72. The average molecular weight is 251 g/mol. The van der Waals surface area contributed by atoms with Crippen LogP contribution in [0.1, 0.15) is 29.3 Å². The number of benzene rings is 1. The first-order valence-electron chi connectivity index (χ1n) is 5.07. The molecule has 0 aliphatic carbocycles. The van der Waals surface area contributed by atoms with Crippen molar-refractivity contribution in [2.75, 3.05) is 6.61 Å². The minimum absolute atomic E-state index is 0.00134. The molecule has 3 nitrogen and oxygen atoms in total. The number of carbonyl (C=O) groups excluding carboxylic acids is 2. The Kier molecular flexibility index (Phi) is 5.25. The zero-order chi connectivity index (χ0) is 12.7. The predicted octanol–water partition coefficient (Wildman–Crippen LogP) is 2.46. The van der Waals surface area contributed by atoms with E-state index in [1.165, 1.54) is 0 Å². The number of aldehydes is 1. The SMILES string of the molecule is CCOC(=O)CC#Cc1cccc(Cl)c1C=O. The molecule has 0 bridgehead atoms. The topological polar surface area (TPSA) is 43.4 Å². The van der Waals surface area contributed by atoms with Gasteiger partial charge in [-0.15, -0.1) is 0 Å². The second kappa shape index (κ2) is 6.72. The van der Waals surface area contributed by atoms with Crippen molar-refractivity contribution in [2.24, 2.45) is 0 Å². The minimum Gasteiger partial charge on any atom is -0.465 e. The minimum atomic E-state index is -0.380. The van der Waals surface area contributed by atoms with Crippen LogP contribution in [-0.2, 0) is 9.53 Å². The van der Waals surface area contributed by atoms with Crippen LogP contribution in [0.25, 0.3) is 0 Å².